The topological polar surface area (TPSA) is 40.5 Å². The highest BCUT2D eigenvalue weighted by molar-refractivity contribution is 5.34. The SMILES string of the molecule is C=C(/C=C/[C@@H](C)[C@H]1CC[C@@]2(C)[C@@H]3CC=C4C(C)(C)[C@@H](O)C[C@@H](O)[C@]4(C)[C@H]3CC[C@]12C)C(C)C. The molecule has 0 heterocycles. The fourth-order valence-corrected chi connectivity index (χ4v) is 9.23. The standard InChI is InChI=1S/C31H50O2/c1-19(2)20(3)10-11-21(4)22-14-16-30(8)23-12-13-25-28(5,6)26(32)18-27(33)31(25,9)24(23)15-17-29(22,30)7/h10-11,13,19,21-24,26-27,32-33H,3,12,14-18H2,1-2,4-9H3/b11-10+/t21-,22-,23-,24+,26+,27-,29-,30+,31-/m1/s1. The lowest BCUT2D eigenvalue weighted by Gasteiger charge is -2.65. The van der Waals surface area contributed by atoms with Crippen molar-refractivity contribution in [3.63, 3.8) is 0 Å². The number of rotatable bonds is 4. The van der Waals surface area contributed by atoms with Gasteiger partial charge in [-0.3, -0.25) is 0 Å². The summed E-state index contributed by atoms with van der Waals surface area (Å²) >= 11 is 0. The lowest BCUT2D eigenvalue weighted by molar-refractivity contribution is -0.157. The summed E-state index contributed by atoms with van der Waals surface area (Å²) in [6.45, 7) is 23.0. The Kier molecular flexibility index (Phi) is 6.19. The summed E-state index contributed by atoms with van der Waals surface area (Å²) in [7, 11) is 0. The van der Waals surface area contributed by atoms with Gasteiger partial charge in [-0.15, -0.1) is 0 Å². The number of hydrogen-bond donors (Lipinski definition) is 2. The van der Waals surface area contributed by atoms with Crippen LogP contribution >= 0.6 is 0 Å². The Hall–Kier alpha value is -0.860. The van der Waals surface area contributed by atoms with Crippen LogP contribution in [0.3, 0.4) is 0 Å². The van der Waals surface area contributed by atoms with Crippen LogP contribution in [0.25, 0.3) is 0 Å². The van der Waals surface area contributed by atoms with Gasteiger partial charge in [-0.25, -0.2) is 0 Å². The molecule has 9 atom stereocenters. The normalized spacial score (nSPS) is 47.6. The molecule has 3 fully saturated rings. The lowest BCUT2D eigenvalue weighted by atomic mass is 9.40. The number of fused-ring (bicyclic) bond motifs is 5. The van der Waals surface area contributed by atoms with Crippen LogP contribution in [0.15, 0.2) is 36.0 Å². The minimum atomic E-state index is -0.461. The zero-order chi connectivity index (χ0) is 24.6. The molecule has 0 unspecified atom stereocenters. The molecule has 0 radical (unpaired) electrons. The quantitative estimate of drug-likeness (QED) is 0.345. The first-order valence-corrected chi connectivity index (χ1v) is 13.7. The maximum Gasteiger partial charge on any atom is 0.0658 e. The van der Waals surface area contributed by atoms with Crippen LogP contribution in [-0.4, -0.2) is 22.4 Å². The van der Waals surface area contributed by atoms with Crippen LogP contribution in [0, 0.1) is 51.2 Å². The Morgan fingerprint density at radius 3 is 2.24 bits per heavy atom. The molecule has 186 valence electrons. The Bertz CT molecular complexity index is 849. The van der Waals surface area contributed by atoms with Crippen molar-refractivity contribution in [1.82, 2.24) is 0 Å². The van der Waals surface area contributed by atoms with Crippen molar-refractivity contribution in [2.24, 2.45) is 51.2 Å². The summed E-state index contributed by atoms with van der Waals surface area (Å²) in [5, 5.41) is 22.2. The van der Waals surface area contributed by atoms with Crippen LogP contribution in [0.1, 0.15) is 93.9 Å². The zero-order valence-electron chi connectivity index (χ0n) is 22.6. The van der Waals surface area contributed by atoms with E-state index in [9.17, 15) is 10.2 Å². The van der Waals surface area contributed by atoms with E-state index in [1.54, 1.807) is 0 Å². The van der Waals surface area contributed by atoms with Gasteiger partial charge in [-0.2, -0.15) is 0 Å². The summed E-state index contributed by atoms with van der Waals surface area (Å²) in [5.41, 5.74) is 2.71. The maximum absolute atomic E-state index is 11.4. The van der Waals surface area contributed by atoms with Crippen molar-refractivity contribution in [1.29, 1.82) is 0 Å². The largest absolute Gasteiger partial charge is 0.392 e. The van der Waals surface area contributed by atoms with E-state index in [0.717, 1.165) is 6.42 Å². The second kappa shape index (κ2) is 8.09. The van der Waals surface area contributed by atoms with Gasteiger partial charge < -0.3 is 10.2 Å². The molecule has 0 aliphatic heterocycles. The molecule has 0 amide bonds. The van der Waals surface area contributed by atoms with Crippen LogP contribution < -0.4 is 0 Å². The molecule has 0 bridgehead atoms. The Morgan fingerprint density at radius 2 is 1.61 bits per heavy atom. The first-order chi connectivity index (χ1) is 15.2. The summed E-state index contributed by atoms with van der Waals surface area (Å²) in [6.07, 6.45) is 12.9. The molecular formula is C31H50O2. The van der Waals surface area contributed by atoms with Crippen LogP contribution in [0.5, 0.6) is 0 Å². The van der Waals surface area contributed by atoms with Crippen molar-refractivity contribution in [2.45, 2.75) is 106 Å². The van der Waals surface area contributed by atoms with Gasteiger partial charge in [-0.1, -0.05) is 91.3 Å². The third-order valence-corrected chi connectivity index (χ3v) is 12.0. The Labute approximate surface area is 203 Å². The summed E-state index contributed by atoms with van der Waals surface area (Å²) in [5.74, 6) is 2.87. The number of allylic oxidation sites excluding steroid dienone is 4. The van der Waals surface area contributed by atoms with Crippen molar-refractivity contribution >= 4 is 0 Å². The number of hydrogen-bond acceptors (Lipinski definition) is 2. The lowest BCUT2D eigenvalue weighted by Crippen LogP contribution is -2.62. The number of aliphatic hydroxyl groups is 2. The maximum atomic E-state index is 11.4. The van der Waals surface area contributed by atoms with E-state index in [4.69, 9.17) is 0 Å². The highest BCUT2D eigenvalue weighted by Crippen LogP contribution is 2.73. The predicted octanol–water partition coefficient (Wildman–Crippen LogP) is 7.33. The molecule has 4 aliphatic carbocycles. The minimum Gasteiger partial charge on any atom is -0.392 e. The molecule has 3 saturated carbocycles. The van der Waals surface area contributed by atoms with Crippen molar-refractivity contribution in [3.8, 4) is 0 Å². The second-order valence-electron chi connectivity index (χ2n) is 13.8. The molecular weight excluding hydrogens is 404 g/mol. The van der Waals surface area contributed by atoms with E-state index in [2.05, 4.69) is 80.2 Å². The van der Waals surface area contributed by atoms with E-state index in [0.29, 0.717) is 46.8 Å². The smallest absolute Gasteiger partial charge is 0.0658 e. The molecule has 4 rings (SSSR count). The van der Waals surface area contributed by atoms with E-state index < -0.39 is 12.2 Å². The van der Waals surface area contributed by atoms with E-state index in [1.165, 1.54) is 36.8 Å². The van der Waals surface area contributed by atoms with Gasteiger partial charge in [0.25, 0.3) is 0 Å². The third-order valence-electron chi connectivity index (χ3n) is 12.0. The fraction of sp³-hybridized carbons (Fsp3) is 0.806. The van der Waals surface area contributed by atoms with E-state index in [1.807, 2.05) is 0 Å². The highest BCUT2D eigenvalue weighted by Gasteiger charge is 2.67. The van der Waals surface area contributed by atoms with Gasteiger partial charge >= 0.3 is 0 Å². The Balaban J connectivity index is 1.66. The van der Waals surface area contributed by atoms with Gasteiger partial charge in [0, 0.05) is 17.3 Å². The van der Waals surface area contributed by atoms with Gasteiger partial charge in [0.1, 0.15) is 0 Å². The van der Waals surface area contributed by atoms with Gasteiger partial charge in [0.15, 0.2) is 0 Å². The van der Waals surface area contributed by atoms with Crippen molar-refractivity contribution < 1.29 is 10.2 Å². The third kappa shape index (κ3) is 3.40. The second-order valence-corrected chi connectivity index (χ2v) is 13.8. The van der Waals surface area contributed by atoms with Crippen LogP contribution in [0.4, 0.5) is 0 Å². The zero-order valence-corrected chi connectivity index (χ0v) is 22.6. The fourth-order valence-electron chi connectivity index (χ4n) is 9.23. The van der Waals surface area contributed by atoms with Gasteiger partial charge in [-0.05, 0) is 72.5 Å². The Morgan fingerprint density at radius 1 is 0.970 bits per heavy atom. The van der Waals surface area contributed by atoms with Crippen molar-refractivity contribution in [3.05, 3.63) is 36.0 Å². The van der Waals surface area contributed by atoms with Crippen molar-refractivity contribution in [2.75, 3.05) is 0 Å². The molecule has 0 spiro atoms. The summed E-state index contributed by atoms with van der Waals surface area (Å²) in [6, 6.07) is 0. The average Bonchev–Trinajstić information content (AvgIpc) is 3.02. The van der Waals surface area contributed by atoms with Crippen LogP contribution in [-0.2, 0) is 0 Å². The number of aliphatic hydroxyl groups excluding tert-OH is 2. The molecule has 0 aromatic rings. The molecule has 0 saturated heterocycles. The first-order valence-electron chi connectivity index (χ1n) is 13.7. The minimum absolute atomic E-state index is 0.214. The van der Waals surface area contributed by atoms with Crippen LogP contribution in [0.2, 0.25) is 0 Å². The summed E-state index contributed by atoms with van der Waals surface area (Å²) < 4.78 is 0. The molecule has 0 aromatic carbocycles. The summed E-state index contributed by atoms with van der Waals surface area (Å²) in [4.78, 5) is 0. The average molecular weight is 455 g/mol. The molecule has 2 N–H and O–H groups in total. The first kappa shape index (κ1) is 25.2. The monoisotopic (exact) mass is 454 g/mol. The molecule has 33 heavy (non-hydrogen) atoms. The predicted molar refractivity (Wildman–Crippen MR) is 139 cm³/mol. The molecule has 2 heteroatoms. The van der Waals surface area contributed by atoms with Gasteiger partial charge in [0.05, 0.1) is 12.2 Å². The van der Waals surface area contributed by atoms with Gasteiger partial charge in [0.2, 0.25) is 0 Å². The molecule has 4 aliphatic rings. The van der Waals surface area contributed by atoms with E-state index >= 15 is 0 Å². The molecule has 0 aromatic heterocycles. The van der Waals surface area contributed by atoms with E-state index in [-0.39, 0.29) is 10.8 Å². The highest BCUT2D eigenvalue weighted by atomic mass is 16.3. The molecule has 2 nitrogen and oxygen atoms in total.